The summed E-state index contributed by atoms with van der Waals surface area (Å²) in [5, 5.41) is 27.2. The molecular formula is C35H34O6. The van der Waals surface area contributed by atoms with Crippen LogP contribution in [0.1, 0.15) is 71.8 Å². The van der Waals surface area contributed by atoms with E-state index in [9.17, 15) is 4.79 Å². The van der Waals surface area contributed by atoms with Crippen LogP contribution in [-0.4, -0.2) is 34.1 Å². The van der Waals surface area contributed by atoms with E-state index >= 15 is 0 Å². The molecule has 41 heavy (non-hydrogen) atoms. The van der Waals surface area contributed by atoms with Crippen LogP contribution in [0.3, 0.4) is 0 Å². The zero-order valence-electron chi connectivity index (χ0n) is 23.2. The van der Waals surface area contributed by atoms with Gasteiger partial charge in [-0.15, -0.1) is 0 Å². The largest absolute Gasteiger partial charge is 0.465 e. The molecule has 0 amide bonds. The fraction of sp³-hybridized carbons (Fsp3) is 0.286. The molecule has 0 aliphatic heterocycles. The van der Waals surface area contributed by atoms with E-state index < -0.39 is 6.16 Å². The molecule has 6 nitrogen and oxygen atoms in total. The lowest BCUT2D eigenvalue weighted by molar-refractivity contribution is -0.419. The molecular weight excluding hydrogens is 516 g/mol. The Morgan fingerprint density at radius 3 is 2.10 bits per heavy atom. The van der Waals surface area contributed by atoms with Crippen molar-refractivity contribution in [2.75, 3.05) is 6.61 Å². The number of hydrogen-bond acceptors (Lipinski definition) is 6. The summed E-state index contributed by atoms with van der Waals surface area (Å²) in [5.74, 6) is 0.891. The minimum absolute atomic E-state index is 0.168. The quantitative estimate of drug-likeness (QED) is 0.202. The van der Waals surface area contributed by atoms with E-state index in [2.05, 4.69) is 42.5 Å². The van der Waals surface area contributed by atoms with Crippen LogP contribution in [0.25, 0.3) is 11.1 Å². The second kappa shape index (κ2) is 12.2. The van der Waals surface area contributed by atoms with Crippen LogP contribution >= 0.6 is 0 Å². The summed E-state index contributed by atoms with van der Waals surface area (Å²) < 4.78 is 10.0. The maximum absolute atomic E-state index is 11.0. The van der Waals surface area contributed by atoms with E-state index in [1.165, 1.54) is 29.2 Å². The third-order valence-electron chi connectivity index (χ3n) is 7.98. The number of ether oxygens (including phenoxy) is 2. The van der Waals surface area contributed by atoms with E-state index in [0.717, 1.165) is 36.0 Å². The van der Waals surface area contributed by atoms with Gasteiger partial charge >= 0.3 is 12.1 Å². The molecule has 4 aromatic rings. The van der Waals surface area contributed by atoms with Gasteiger partial charge in [0.15, 0.2) is 0 Å². The highest BCUT2D eigenvalue weighted by atomic mass is 16.9. The van der Waals surface area contributed by atoms with Crippen LogP contribution < -0.4 is 4.74 Å². The van der Waals surface area contributed by atoms with Gasteiger partial charge in [-0.05, 0) is 83.2 Å². The van der Waals surface area contributed by atoms with Crippen LogP contribution in [0, 0.1) is 19.1 Å². The lowest BCUT2D eigenvalue weighted by Crippen LogP contribution is -2.35. The van der Waals surface area contributed by atoms with Crippen LogP contribution in [0.5, 0.6) is 5.75 Å². The number of fused-ring (bicyclic) bond motifs is 3. The lowest BCUT2D eigenvalue weighted by Gasteiger charge is -2.24. The first-order valence-electron chi connectivity index (χ1n) is 13.9. The molecule has 4 aromatic carbocycles. The third-order valence-corrected chi connectivity index (χ3v) is 7.98. The van der Waals surface area contributed by atoms with Gasteiger partial charge in [-0.3, -0.25) is 4.79 Å². The van der Waals surface area contributed by atoms with E-state index in [0.29, 0.717) is 18.4 Å². The standard InChI is InChI=1S/C19H20O4.C16H14O2/c1-13-15(9-6-12-18(13)23-19(20,21)22)17-11-5-10-16(17)14-7-3-2-4-8-14;1-11(17)18-10-16-14-8-4-2-6-12(14)13-7-3-5-9-15(13)16/h2-3,6-7,9,12,16-17,20-22H,5,10-11H2,1H3;2-9,16H,10H2,1H3. The van der Waals surface area contributed by atoms with E-state index in [1.807, 2.05) is 49.4 Å². The second-order valence-electron chi connectivity index (χ2n) is 10.6. The fourth-order valence-electron chi connectivity index (χ4n) is 6.22. The molecule has 0 heterocycles. The number of carbonyl (C=O) groups is 1. The van der Waals surface area contributed by atoms with Crippen molar-refractivity contribution in [1.29, 1.82) is 0 Å². The third kappa shape index (κ3) is 6.44. The Bertz CT molecular complexity index is 1440. The summed E-state index contributed by atoms with van der Waals surface area (Å²) in [6, 6.07) is 34.2. The maximum atomic E-state index is 11.0. The number of hydrogen-bond donors (Lipinski definition) is 3. The van der Waals surface area contributed by atoms with Crippen LogP contribution in [-0.2, 0) is 9.53 Å². The topological polar surface area (TPSA) is 96.2 Å². The predicted octanol–water partition coefficient (Wildman–Crippen LogP) is 5.98. The molecule has 2 aliphatic rings. The lowest BCUT2D eigenvalue weighted by atomic mass is 9.82. The van der Waals surface area contributed by atoms with Crippen LogP contribution in [0.15, 0.2) is 84.9 Å². The highest BCUT2D eigenvalue weighted by molar-refractivity contribution is 5.79. The van der Waals surface area contributed by atoms with E-state index in [1.54, 1.807) is 12.1 Å². The van der Waals surface area contributed by atoms with E-state index in [-0.39, 0.29) is 17.6 Å². The minimum atomic E-state index is -3.17. The van der Waals surface area contributed by atoms with Crippen molar-refractivity contribution in [3.05, 3.63) is 125 Å². The zero-order valence-corrected chi connectivity index (χ0v) is 23.2. The first-order chi connectivity index (χ1) is 19.7. The number of benzene rings is 3. The smallest absolute Gasteiger partial charge is 0.453 e. The van der Waals surface area contributed by atoms with E-state index in [4.69, 9.17) is 24.8 Å². The van der Waals surface area contributed by atoms with Gasteiger partial charge in [-0.2, -0.15) is 0 Å². The molecule has 6 heteroatoms. The second-order valence-corrected chi connectivity index (χ2v) is 10.6. The predicted molar refractivity (Wildman–Crippen MR) is 155 cm³/mol. The summed E-state index contributed by atoms with van der Waals surface area (Å²) in [6.07, 6.45) is 0.112. The molecule has 0 radical (unpaired) electrons. The molecule has 3 N–H and O–H groups in total. The highest BCUT2D eigenvalue weighted by Crippen LogP contribution is 2.47. The number of esters is 1. The monoisotopic (exact) mass is 550 g/mol. The molecule has 0 saturated heterocycles. The first-order valence-corrected chi connectivity index (χ1v) is 13.9. The molecule has 2 aliphatic carbocycles. The Morgan fingerprint density at radius 1 is 0.854 bits per heavy atom. The molecule has 0 spiro atoms. The molecule has 2 atom stereocenters. The van der Waals surface area contributed by atoms with Crippen LogP contribution in [0.4, 0.5) is 0 Å². The fourth-order valence-corrected chi connectivity index (χ4v) is 6.22. The Hall–Kier alpha value is -4.15. The number of carbonyl (C=O) groups excluding carboxylic acids is 1. The summed E-state index contributed by atoms with van der Waals surface area (Å²) in [5.41, 5.74) is 8.08. The van der Waals surface area contributed by atoms with Gasteiger partial charge in [0.1, 0.15) is 12.4 Å². The van der Waals surface area contributed by atoms with Crippen LogP contribution in [0.2, 0.25) is 0 Å². The normalized spacial score (nSPS) is 17.5. The van der Waals surface area contributed by atoms with Crippen molar-refractivity contribution in [3.8, 4) is 16.9 Å². The maximum Gasteiger partial charge on any atom is 0.453 e. The number of aliphatic hydroxyl groups is 3. The Balaban J connectivity index is 0.000000169. The SMILES string of the molecule is CC(=O)OCC1c2ccccc2-c2ccccc21.Cc1c(OC(O)(O)O)cccc1C1CCCC1c1c#cccc1. The van der Waals surface area contributed by atoms with Gasteiger partial charge in [0.2, 0.25) is 0 Å². The molecule has 2 unspecified atom stereocenters. The van der Waals surface area contributed by atoms with Gasteiger partial charge in [0, 0.05) is 18.4 Å². The Morgan fingerprint density at radius 2 is 1.49 bits per heavy atom. The average Bonchev–Trinajstić information content (AvgIpc) is 3.56. The van der Waals surface area contributed by atoms with Crippen molar-refractivity contribution >= 4 is 5.97 Å². The Labute approximate surface area is 240 Å². The van der Waals surface area contributed by atoms with Crippen molar-refractivity contribution in [2.24, 2.45) is 0 Å². The molecule has 210 valence electrons. The summed E-state index contributed by atoms with van der Waals surface area (Å²) in [4.78, 5) is 11.0. The van der Waals surface area contributed by atoms with Gasteiger partial charge < -0.3 is 24.8 Å². The summed E-state index contributed by atoms with van der Waals surface area (Å²) in [7, 11) is 0. The highest BCUT2D eigenvalue weighted by Gasteiger charge is 2.32. The summed E-state index contributed by atoms with van der Waals surface area (Å²) in [6.45, 7) is 3.74. The first kappa shape index (κ1) is 28.4. The van der Waals surface area contributed by atoms with Crippen molar-refractivity contribution in [1.82, 2.24) is 0 Å². The van der Waals surface area contributed by atoms with Gasteiger partial charge in [-0.25, -0.2) is 0 Å². The molecule has 6 rings (SSSR count). The van der Waals surface area contributed by atoms with Gasteiger partial charge in [0.05, 0.1) is 0 Å². The minimum Gasteiger partial charge on any atom is -0.465 e. The van der Waals surface area contributed by atoms with Crippen molar-refractivity contribution in [2.45, 2.75) is 57.0 Å². The van der Waals surface area contributed by atoms with Gasteiger partial charge in [-0.1, -0.05) is 85.3 Å². The molecule has 0 bridgehead atoms. The van der Waals surface area contributed by atoms with Crippen molar-refractivity contribution < 1.29 is 29.6 Å². The Kier molecular flexibility index (Phi) is 8.41. The molecule has 1 fully saturated rings. The number of rotatable bonds is 6. The zero-order chi connectivity index (χ0) is 29.0. The van der Waals surface area contributed by atoms with Crippen molar-refractivity contribution in [3.63, 3.8) is 0 Å². The average molecular weight is 551 g/mol. The van der Waals surface area contributed by atoms with Gasteiger partial charge in [0.25, 0.3) is 0 Å². The molecule has 0 aromatic heterocycles. The summed E-state index contributed by atoms with van der Waals surface area (Å²) >= 11 is 0. The molecule has 1 saturated carbocycles.